The third kappa shape index (κ3) is 3.39. The van der Waals surface area contributed by atoms with E-state index in [4.69, 9.17) is 5.26 Å². The zero-order chi connectivity index (χ0) is 17.8. The molecule has 124 valence electrons. The Morgan fingerprint density at radius 3 is 2.80 bits per heavy atom. The summed E-state index contributed by atoms with van der Waals surface area (Å²) in [4.78, 5) is 15.1. The van der Waals surface area contributed by atoms with Crippen molar-refractivity contribution in [3.8, 4) is 23.0 Å². The highest BCUT2D eigenvalue weighted by atomic mass is 32.2. The molecule has 3 rings (SSSR count). The van der Waals surface area contributed by atoms with Gasteiger partial charge < -0.3 is 0 Å². The lowest BCUT2D eigenvalue weighted by molar-refractivity contribution is -0.384. The molecule has 0 aliphatic rings. The second-order valence-electron chi connectivity index (χ2n) is 5.30. The Hall–Kier alpha value is -3.11. The second kappa shape index (κ2) is 7.20. The van der Waals surface area contributed by atoms with Gasteiger partial charge in [0.05, 0.1) is 34.3 Å². The number of nitriles is 1. The molecule has 0 fully saturated rings. The molecule has 1 heterocycles. The molecule has 7 heteroatoms. The first kappa shape index (κ1) is 16.7. The third-order valence-electron chi connectivity index (χ3n) is 3.70. The molecule has 0 saturated heterocycles. The topological polar surface area (TPSA) is 84.8 Å². The van der Waals surface area contributed by atoms with Gasteiger partial charge in [0.25, 0.3) is 5.69 Å². The average molecular weight is 350 g/mol. The number of hydrogen-bond donors (Lipinski definition) is 0. The Labute approximate surface area is 148 Å². The predicted octanol–water partition coefficient (Wildman–Crippen LogP) is 4.37. The van der Waals surface area contributed by atoms with Gasteiger partial charge in [-0.25, -0.2) is 4.98 Å². The van der Waals surface area contributed by atoms with Gasteiger partial charge in [0, 0.05) is 17.7 Å². The SMILES string of the molecule is Cc1ccccc1-n1c(-c2cccc([N+](=O)[O-])c2)cnc1SCC#N. The molecule has 0 saturated carbocycles. The number of nitrogens with zero attached hydrogens (tertiary/aromatic N) is 4. The fourth-order valence-corrected chi connectivity index (χ4v) is 3.21. The van der Waals surface area contributed by atoms with E-state index in [1.54, 1.807) is 12.3 Å². The summed E-state index contributed by atoms with van der Waals surface area (Å²) < 4.78 is 1.94. The number of thioether (sulfide) groups is 1. The molecule has 1 aromatic heterocycles. The summed E-state index contributed by atoms with van der Waals surface area (Å²) in [5, 5.41) is 20.6. The minimum absolute atomic E-state index is 0.0289. The van der Waals surface area contributed by atoms with Crippen LogP contribution in [0.2, 0.25) is 0 Å². The Morgan fingerprint density at radius 2 is 2.08 bits per heavy atom. The molecule has 0 bridgehead atoms. The fraction of sp³-hybridized carbons (Fsp3) is 0.111. The van der Waals surface area contributed by atoms with E-state index in [0.717, 1.165) is 16.9 Å². The molecule has 0 atom stereocenters. The highest BCUT2D eigenvalue weighted by Gasteiger charge is 2.17. The number of imidazole rings is 1. The molecule has 2 aromatic carbocycles. The summed E-state index contributed by atoms with van der Waals surface area (Å²) in [6.07, 6.45) is 1.69. The number of hydrogen-bond acceptors (Lipinski definition) is 5. The minimum atomic E-state index is -0.413. The van der Waals surface area contributed by atoms with E-state index in [1.807, 2.05) is 41.8 Å². The summed E-state index contributed by atoms with van der Waals surface area (Å²) in [5.74, 6) is 0.275. The Kier molecular flexibility index (Phi) is 4.82. The van der Waals surface area contributed by atoms with Crippen molar-refractivity contribution in [1.82, 2.24) is 9.55 Å². The van der Waals surface area contributed by atoms with Crippen LogP contribution in [-0.2, 0) is 0 Å². The van der Waals surface area contributed by atoms with Crippen molar-refractivity contribution in [1.29, 1.82) is 5.26 Å². The van der Waals surface area contributed by atoms with Crippen LogP contribution in [0.4, 0.5) is 5.69 Å². The first-order valence-electron chi connectivity index (χ1n) is 7.50. The van der Waals surface area contributed by atoms with Gasteiger partial charge in [0.1, 0.15) is 0 Å². The summed E-state index contributed by atoms with van der Waals surface area (Å²) >= 11 is 1.33. The van der Waals surface area contributed by atoms with Crippen LogP contribution < -0.4 is 0 Å². The number of rotatable bonds is 5. The number of aromatic nitrogens is 2. The quantitative estimate of drug-likeness (QED) is 0.387. The Balaban J connectivity index is 2.20. The summed E-state index contributed by atoms with van der Waals surface area (Å²) in [6.45, 7) is 1.99. The molecule has 0 unspecified atom stereocenters. The normalized spacial score (nSPS) is 10.4. The number of benzene rings is 2. The van der Waals surface area contributed by atoms with Crippen LogP contribution in [0, 0.1) is 28.4 Å². The number of nitro benzene ring substituents is 1. The first-order valence-corrected chi connectivity index (χ1v) is 8.48. The molecule has 3 aromatic rings. The van der Waals surface area contributed by atoms with Gasteiger partial charge in [-0.15, -0.1) is 0 Å². The van der Waals surface area contributed by atoms with Crippen molar-refractivity contribution < 1.29 is 4.92 Å². The smallest absolute Gasteiger partial charge is 0.270 e. The monoisotopic (exact) mass is 350 g/mol. The van der Waals surface area contributed by atoms with Gasteiger partial charge >= 0.3 is 0 Å². The van der Waals surface area contributed by atoms with E-state index < -0.39 is 4.92 Å². The molecule has 0 radical (unpaired) electrons. The zero-order valence-electron chi connectivity index (χ0n) is 13.4. The van der Waals surface area contributed by atoms with E-state index >= 15 is 0 Å². The van der Waals surface area contributed by atoms with Crippen molar-refractivity contribution in [2.45, 2.75) is 12.1 Å². The Morgan fingerprint density at radius 1 is 1.28 bits per heavy atom. The van der Waals surface area contributed by atoms with Crippen LogP contribution in [0.5, 0.6) is 0 Å². The van der Waals surface area contributed by atoms with E-state index in [9.17, 15) is 10.1 Å². The fourth-order valence-electron chi connectivity index (χ4n) is 2.56. The molecule has 0 aliphatic heterocycles. The highest BCUT2D eigenvalue weighted by Crippen LogP contribution is 2.32. The van der Waals surface area contributed by atoms with E-state index in [1.165, 1.54) is 23.9 Å². The van der Waals surface area contributed by atoms with Gasteiger partial charge in [-0.1, -0.05) is 42.1 Å². The molecule has 25 heavy (non-hydrogen) atoms. The van der Waals surface area contributed by atoms with Crippen LogP contribution >= 0.6 is 11.8 Å². The summed E-state index contributed by atoms with van der Waals surface area (Å²) in [5.41, 5.74) is 3.46. The van der Waals surface area contributed by atoms with Gasteiger partial charge in [-0.2, -0.15) is 5.26 Å². The van der Waals surface area contributed by atoms with Gasteiger partial charge in [0.15, 0.2) is 5.16 Å². The van der Waals surface area contributed by atoms with E-state index in [2.05, 4.69) is 11.1 Å². The molecule has 6 nitrogen and oxygen atoms in total. The molecular formula is C18H14N4O2S. The van der Waals surface area contributed by atoms with Crippen LogP contribution in [0.25, 0.3) is 16.9 Å². The molecule has 0 amide bonds. The number of non-ortho nitro benzene ring substituents is 1. The predicted molar refractivity (Wildman–Crippen MR) is 96.7 cm³/mol. The number of nitro groups is 1. The first-order chi connectivity index (χ1) is 12.1. The molecular weight excluding hydrogens is 336 g/mol. The summed E-state index contributed by atoms with van der Waals surface area (Å²) in [7, 11) is 0. The maximum Gasteiger partial charge on any atom is 0.270 e. The lowest BCUT2D eigenvalue weighted by Gasteiger charge is -2.14. The van der Waals surface area contributed by atoms with Crippen LogP contribution in [0.1, 0.15) is 5.56 Å². The number of para-hydroxylation sites is 1. The largest absolute Gasteiger partial charge is 0.287 e. The van der Waals surface area contributed by atoms with Crippen molar-refractivity contribution >= 4 is 17.4 Å². The maximum absolute atomic E-state index is 11.1. The standard InChI is InChI=1S/C18H14N4O2S/c1-13-5-2-3-8-16(13)21-17(12-20-18(21)25-10-9-19)14-6-4-7-15(11-14)22(23)24/h2-8,11-12H,10H2,1H3. The third-order valence-corrected chi connectivity index (χ3v) is 4.52. The van der Waals surface area contributed by atoms with Crippen LogP contribution in [-0.4, -0.2) is 20.2 Å². The number of aryl methyl sites for hydroxylation is 1. The van der Waals surface area contributed by atoms with E-state index in [-0.39, 0.29) is 11.4 Å². The zero-order valence-corrected chi connectivity index (χ0v) is 14.2. The van der Waals surface area contributed by atoms with Gasteiger partial charge in [-0.05, 0) is 18.6 Å². The highest BCUT2D eigenvalue weighted by molar-refractivity contribution is 7.99. The van der Waals surface area contributed by atoms with Gasteiger partial charge in [-0.3, -0.25) is 14.7 Å². The van der Waals surface area contributed by atoms with Crippen molar-refractivity contribution in [2.75, 3.05) is 5.75 Å². The van der Waals surface area contributed by atoms with Gasteiger partial charge in [0.2, 0.25) is 0 Å². The van der Waals surface area contributed by atoms with Crippen LogP contribution in [0.3, 0.4) is 0 Å². The van der Waals surface area contributed by atoms with Crippen molar-refractivity contribution in [2.24, 2.45) is 0 Å². The average Bonchev–Trinajstić information content (AvgIpc) is 3.04. The minimum Gasteiger partial charge on any atom is -0.287 e. The molecule has 0 spiro atoms. The van der Waals surface area contributed by atoms with E-state index in [0.29, 0.717) is 10.7 Å². The van der Waals surface area contributed by atoms with Crippen molar-refractivity contribution in [3.05, 3.63) is 70.4 Å². The lowest BCUT2D eigenvalue weighted by Crippen LogP contribution is -2.01. The maximum atomic E-state index is 11.1. The summed E-state index contributed by atoms with van der Waals surface area (Å²) in [6, 6.07) is 16.4. The second-order valence-corrected chi connectivity index (χ2v) is 6.24. The molecule has 0 aliphatic carbocycles. The Bertz CT molecular complexity index is 975. The van der Waals surface area contributed by atoms with Crippen molar-refractivity contribution in [3.63, 3.8) is 0 Å². The lowest BCUT2D eigenvalue weighted by atomic mass is 10.1. The van der Waals surface area contributed by atoms with Crippen LogP contribution in [0.15, 0.2) is 59.9 Å². The molecule has 0 N–H and O–H groups in total.